The van der Waals surface area contributed by atoms with Crippen LogP contribution in [0.5, 0.6) is 11.6 Å². The molecule has 0 radical (unpaired) electrons. The Morgan fingerprint density at radius 2 is 1.65 bits per heavy atom. The molecule has 5 rings (SSSR count). The highest BCUT2D eigenvalue weighted by atomic mass is 35.5. The van der Waals surface area contributed by atoms with Crippen LogP contribution >= 0.6 is 23.2 Å². The van der Waals surface area contributed by atoms with Gasteiger partial charge in [-0.2, -0.15) is 0 Å². The van der Waals surface area contributed by atoms with Crippen LogP contribution in [0.25, 0.3) is 33.6 Å². The number of alkyl carbamates (subject to hydrolysis) is 1. The van der Waals surface area contributed by atoms with Crippen molar-refractivity contribution >= 4 is 29.3 Å². The first-order chi connectivity index (χ1) is 21.9. The summed E-state index contributed by atoms with van der Waals surface area (Å²) in [5.41, 5.74) is 4.57. The Balaban J connectivity index is 1.40. The van der Waals surface area contributed by atoms with Crippen LogP contribution in [0.2, 0.25) is 10.0 Å². The maximum Gasteiger partial charge on any atom is 0.407 e. The minimum absolute atomic E-state index is 0.181. The highest BCUT2D eigenvalue weighted by Crippen LogP contribution is 2.42. The van der Waals surface area contributed by atoms with Crippen LogP contribution in [0, 0.1) is 0 Å². The van der Waals surface area contributed by atoms with Crippen molar-refractivity contribution in [2.45, 2.75) is 57.9 Å². The van der Waals surface area contributed by atoms with E-state index in [1.54, 1.807) is 34.1 Å². The zero-order valence-corrected chi connectivity index (χ0v) is 28.1. The SMILES string of the molecule is COc1cc(-c2nccc(-c3cccc(-c4ccc(CNC(=O)OC(C)(C)C)c(OC)n4)c3Cl)c2Cl)ccc1CNCC1(O)CC1. The van der Waals surface area contributed by atoms with Gasteiger partial charge in [0.1, 0.15) is 11.4 Å². The largest absolute Gasteiger partial charge is 0.496 e. The van der Waals surface area contributed by atoms with Gasteiger partial charge in [0.05, 0.1) is 47.8 Å². The Bertz CT molecular complexity index is 1740. The van der Waals surface area contributed by atoms with E-state index in [0.29, 0.717) is 62.8 Å². The van der Waals surface area contributed by atoms with E-state index in [2.05, 4.69) is 20.6 Å². The van der Waals surface area contributed by atoms with E-state index in [1.807, 2.05) is 54.6 Å². The Kier molecular flexibility index (Phi) is 10.1. The molecule has 242 valence electrons. The summed E-state index contributed by atoms with van der Waals surface area (Å²) in [6.07, 6.45) is 2.83. The number of methoxy groups -OCH3 is 2. The Hall–Kier alpha value is -3.89. The first kappa shape index (κ1) is 33.5. The second-order valence-electron chi connectivity index (χ2n) is 12.3. The van der Waals surface area contributed by atoms with Crippen LogP contribution < -0.4 is 20.1 Å². The molecule has 0 aliphatic heterocycles. The van der Waals surface area contributed by atoms with E-state index in [-0.39, 0.29) is 6.54 Å². The Labute approximate surface area is 279 Å². The lowest BCUT2D eigenvalue weighted by Crippen LogP contribution is -2.32. The van der Waals surface area contributed by atoms with Crippen LogP contribution in [-0.2, 0) is 17.8 Å². The normalized spacial score (nSPS) is 13.7. The van der Waals surface area contributed by atoms with Crippen molar-refractivity contribution < 1.29 is 24.1 Å². The van der Waals surface area contributed by atoms with Crippen molar-refractivity contribution in [1.29, 1.82) is 0 Å². The number of carbonyl (C=O) groups excluding carboxylic acids is 1. The molecule has 1 amide bonds. The van der Waals surface area contributed by atoms with Gasteiger partial charge >= 0.3 is 6.09 Å². The lowest BCUT2D eigenvalue weighted by atomic mass is 9.99. The quantitative estimate of drug-likeness (QED) is 0.152. The van der Waals surface area contributed by atoms with E-state index in [9.17, 15) is 9.90 Å². The first-order valence-corrected chi connectivity index (χ1v) is 15.7. The van der Waals surface area contributed by atoms with Crippen molar-refractivity contribution in [3.05, 3.63) is 82.0 Å². The molecule has 3 N–H and O–H groups in total. The summed E-state index contributed by atoms with van der Waals surface area (Å²) in [6.45, 7) is 6.70. The second kappa shape index (κ2) is 13.8. The minimum atomic E-state index is -0.605. The molecule has 2 aromatic heterocycles. The molecule has 1 aliphatic rings. The van der Waals surface area contributed by atoms with E-state index in [1.165, 1.54) is 7.11 Å². The molecule has 0 saturated heterocycles. The molecule has 0 spiro atoms. The van der Waals surface area contributed by atoms with Gasteiger partial charge < -0.3 is 30.0 Å². The zero-order chi connectivity index (χ0) is 33.1. The lowest BCUT2D eigenvalue weighted by Gasteiger charge is -2.20. The van der Waals surface area contributed by atoms with Crippen LogP contribution in [-0.4, -0.2) is 53.1 Å². The summed E-state index contributed by atoms with van der Waals surface area (Å²) < 4.78 is 16.5. The summed E-state index contributed by atoms with van der Waals surface area (Å²) >= 11 is 14.0. The van der Waals surface area contributed by atoms with E-state index >= 15 is 0 Å². The molecular weight excluding hydrogens is 627 g/mol. The van der Waals surface area contributed by atoms with E-state index in [4.69, 9.17) is 37.4 Å². The average Bonchev–Trinajstić information content (AvgIpc) is 3.76. The molecule has 2 heterocycles. The smallest absolute Gasteiger partial charge is 0.407 e. The third-order valence-corrected chi connectivity index (χ3v) is 8.36. The van der Waals surface area contributed by atoms with Crippen LogP contribution in [0.15, 0.2) is 60.8 Å². The number of rotatable bonds is 11. The fourth-order valence-electron chi connectivity index (χ4n) is 4.99. The Morgan fingerprint density at radius 1 is 0.935 bits per heavy atom. The van der Waals surface area contributed by atoms with Gasteiger partial charge in [0.25, 0.3) is 0 Å². The highest BCUT2D eigenvalue weighted by molar-refractivity contribution is 6.39. The number of hydrogen-bond acceptors (Lipinski definition) is 8. The third-order valence-electron chi connectivity index (χ3n) is 7.57. The van der Waals surface area contributed by atoms with E-state index in [0.717, 1.165) is 29.5 Å². The number of pyridine rings is 2. The molecule has 2 aromatic carbocycles. The molecule has 46 heavy (non-hydrogen) atoms. The molecule has 0 unspecified atom stereocenters. The van der Waals surface area contributed by atoms with Crippen LogP contribution in [0.1, 0.15) is 44.7 Å². The number of amides is 1. The van der Waals surface area contributed by atoms with Crippen molar-refractivity contribution in [3.63, 3.8) is 0 Å². The van der Waals surface area contributed by atoms with Crippen molar-refractivity contribution in [1.82, 2.24) is 20.6 Å². The van der Waals surface area contributed by atoms with Crippen molar-refractivity contribution in [2.75, 3.05) is 20.8 Å². The fourth-order valence-corrected chi connectivity index (χ4v) is 5.64. The average molecular weight is 666 g/mol. The number of aliphatic hydroxyl groups is 1. The van der Waals surface area contributed by atoms with Crippen LogP contribution in [0.3, 0.4) is 0 Å². The topological polar surface area (TPSA) is 115 Å². The maximum absolute atomic E-state index is 12.2. The molecular formula is C35H38Cl2N4O5. The fraction of sp³-hybridized carbons (Fsp3) is 0.343. The van der Waals surface area contributed by atoms with Gasteiger partial charge in [-0.25, -0.2) is 9.78 Å². The lowest BCUT2D eigenvalue weighted by molar-refractivity contribution is 0.0523. The minimum Gasteiger partial charge on any atom is -0.496 e. The number of aromatic nitrogens is 2. The summed E-state index contributed by atoms with van der Waals surface area (Å²) in [6, 6.07) is 17.0. The second-order valence-corrected chi connectivity index (χ2v) is 13.0. The number of hydrogen-bond donors (Lipinski definition) is 3. The molecule has 1 saturated carbocycles. The summed E-state index contributed by atoms with van der Waals surface area (Å²) in [4.78, 5) is 21.4. The number of halogens is 2. The standard InChI is InChI=1S/C35H38Cl2N4O5/c1-34(2,3)46-33(42)40-19-23-11-12-27(41-32(23)45-5)26-8-6-7-24(29(26)36)25-13-16-39-31(30(25)37)21-9-10-22(28(17-21)44-4)18-38-20-35(43)14-15-35/h6-13,16-17,38,43H,14-15,18-20H2,1-5H3,(H,40,42). The van der Waals surface area contributed by atoms with Crippen LogP contribution in [0.4, 0.5) is 4.79 Å². The predicted molar refractivity (Wildman–Crippen MR) is 180 cm³/mol. The number of ether oxygens (including phenoxy) is 3. The maximum atomic E-state index is 12.2. The molecule has 4 aromatic rings. The van der Waals surface area contributed by atoms with Gasteiger partial charge in [0.2, 0.25) is 5.88 Å². The molecule has 0 bridgehead atoms. The van der Waals surface area contributed by atoms with Gasteiger partial charge in [-0.05, 0) is 57.9 Å². The zero-order valence-electron chi connectivity index (χ0n) is 26.5. The Morgan fingerprint density at radius 3 is 2.35 bits per heavy atom. The molecule has 1 fully saturated rings. The van der Waals surface area contributed by atoms with Gasteiger partial charge in [0.15, 0.2) is 0 Å². The molecule has 11 heteroatoms. The van der Waals surface area contributed by atoms with Gasteiger partial charge in [-0.1, -0.05) is 53.5 Å². The highest BCUT2D eigenvalue weighted by Gasteiger charge is 2.39. The summed E-state index contributed by atoms with van der Waals surface area (Å²) in [7, 11) is 3.15. The third kappa shape index (κ3) is 7.90. The molecule has 0 atom stereocenters. The molecule has 1 aliphatic carbocycles. The number of benzene rings is 2. The number of nitrogens with one attached hydrogen (secondary N) is 2. The summed E-state index contributed by atoms with van der Waals surface area (Å²) in [5.74, 6) is 1.05. The van der Waals surface area contributed by atoms with Crippen molar-refractivity contribution in [2.24, 2.45) is 0 Å². The molecule has 9 nitrogen and oxygen atoms in total. The monoisotopic (exact) mass is 664 g/mol. The predicted octanol–water partition coefficient (Wildman–Crippen LogP) is 7.44. The first-order valence-electron chi connectivity index (χ1n) is 15.0. The van der Waals surface area contributed by atoms with Crippen molar-refractivity contribution in [3.8, 4) is 45.3 Å². The van der Waals surface area contributed by atoms with Gasteiger partial charge in [-0.15, -0.1) is 0 Å². The van der Waals surface area contributed by atoms with Gasteiger partial charge in [-0.3, -0.25) is 4.98 Å². The summed E-state index contributed by atoms with van der Waals surface area (Å²) in [5, 5.41) is 17.1. The number of carbonyl (C=O) groups is 1. The van der Waals surface area contributed by atoms with E-state index < -0.39 is 17.3 Å². The number of nitrogens with zero attached hydrogens (tertiary/aromatic N) is 2. The van der Waals surface area contributed by atoms with Gasteiger partial charge in [0, 0.05) is 52.7 Å².